The number of carbonyl (C=O) groups excluding carboxylic acids is 2. The van der Waals surface area contributed by atoms with Crippen molar-refractivity contribution in [3.05, 3.63) is 35.6 Å². The Morgan fingerprint density at radius 1 is 1.40 bits per heavy atom. The highest BCUT2D eigenvalue weighted by Crippen LogP contribution is 2.20. The first kappa shape index (κ1) is 14.1. The maximum absolute atomic E-state index is 11.8. The second-order valence-corrected chi connectivity index (χ2v) is 4.40. The number of nitrogens with one attached hydrogen (secondary N) is 1. The number of amides is 1. The number of aryl methyl sites for hydroxylation is 1. The molecule has 0 aliphatic heterocycles. The molecule has 2 N–H and O–H groups in total. The van der Waals surface area contributed by atoms with Gasteiger partial charge in [0.25, 0.3) is 5.91 Å². The molecule has 1 aromatic carbocycles. The summed E-state index contributed by atoms with van der Waals surface area (Å²) in [4.78, 5) is 22.8. The molecule has 6 nitrogen and oxygen atoms in total. The highest BCUT2D eigenvalue weighted by atomic mass is 16.5. The third-order valence-electron chi connectivity index (χ3n) is 2.82. The summed E-state index contributed by atoms with van der Waals surface area (Å²) in [5.74, 6) is -1.17. The van der Waals surface area contributed by atoms with E-state index in [4.69, 9.17) is 4.42 Å². The van der Waals surface area contributed by atoms with E-state index in [2.05, 4.69) is 10.1 Å². The predicted molar refractivity (Wildman–Crippen MR) is 71.3 cm³/mol. The highest BCUT2D eigenvalue weighted by molar-refractivity contribution is 5.96. The minimum Gasteiger partial charge on any atom is -0.467 e. The van der Waals surface area contributed by atoms with Gasteiger partial charge in [0.15, 0.2) is 11.9 Å². The summed E-state index contributed by atoms with van der Waals surface area (Å²) < 4.78 is 9.74. The minimum absolute atomic E-state index is 0.127. The number of furan rings is 1. The quantitative estimate of drug-likeness (QED) is 0.814. The first-order valence-corrected chi connectivity index (χ1v) is 6.05. The van der Waals surface area contributed by atoms with Gasteiger partial charge in [-0.25, -0.2) is 4.79 Å². The van der Waals surface area contributed by atoms with Crippen LogP contribution in [0.25, 0.3) is 11.0 Å². The van der Waals surface area contributed by atoms with Gasteiger partial charge in [-0.3, -0.25) is 4.79 Å². The van der Waals surface area contributed by atoms with Crippen LogP contribution in [0.15, 0.2) is 28.7 Å². The summed E-state index contributed by atoms with van der Waals surface area (Å²) >= 11 is 0. The fraction of sp³-hybridized carbons (Fsp3) is 0.286. The summed E-state index contributed by atoms with van der Waals surface area (Å²) in [6, 6.07) is 7.18. The lowest BCUT2D eigenvalue weighted by molar-refractivity contribution is -0.149. The van der Waals surface area contributed by atoms with Crippen LogP contribution in [-0.2, 0) is 9.53 Å². The van der Waals surface area contributed by atoms with Crippen LogP contribution in [-0.4, -0.2) is 36.7 Å². The first-order valence-electron chi connectivity index (χ1n) is 6.05. The summed E-state index contributed by atoms with van der Waals surface area (Å²) in [6.07, 6.45) is -1.39. The number of carbonyl (C=O) groups is 2. The van der Waals surface area contributed by atoms with Crippen molar-refractivity contribution in [1.82, 2.24) is 5.32 Å². The van der Waals surface area contributed by atoms with E-state index in [0.29, 0.717) is 5.58 Å². The predicted octanol–water partition coefficient (Wildman–Crippen LogP) is 1.00. The average Bonchev–Trinajstić information content (AvgIpc) is 2.86. The zero-order valence-electron chi connectivity index (χ0n) is 11.2. The number of benzene rings is 1. The number of hydrogen-bond donors (Lipinski definition) is 2. The van der Waals surface area contributed by atoms with Crippen LogP contribution >= 0.6 is 0 Å². The van der Waals surface area contributed by atoms with Crippen LogP contribution in [0, 0.1) is 6.92 Å². The fourth-order valence-corrected chi connectivity index (χ4v) is 1.77. The molecule has 20 heavy (non-hydrogen) atoms. The van der Waals surface area contributed by atoms with Crippen LogP contribution < -0.4 is 5.32 Å². The molecule has 2 rings (SSSR count). The largest absolute Gasteiger partial charge is 0.467 e. The zero-order valence-corrected chi connectivity index (χ0v) is 11.2. The molecule has 0 saturated heterocycles. The van der Waals surface area contributed by atoms with Gasteiger partial charge < -0.3 is 19.6 Å². The van der Waals surface area contributed by atoms with E-state index in [1.54, 1.807) is 12.1 Å². The molecular weight excluding hydrogens is 262 g/mol. The van der Waals surface area contributed by atoms with Gasteiger partial charge in [0.05, 0.1) is 13.7 Å². The van der Waals surface area contributed by atoms with E-state index in [0.717, 1.165) is 18.1 Å². The van der Waals surface area contributed by atoms with E-state index in [1.807, 2.05) is 19.1 Å². The van der Waals surface area contributed by atoms with Crippen LogP contribution in [0.3, 0.4) is 0 Å². The fourth-order valence-electron chi connectivity index (χ4n) is 1.77. The van der Waals surface area contributed by atoms with E-state index < -0.39 is 18.0 Å². The van der Waals surface area contributed by atoms with Gasteiger partial charge in [0.2, 0.25) is 0 Å². The Kier molecular flexibility index (Phi) is 4.05. The van der Waals surface area contributed by atoms with Gasteiger partial charge in [-0.05, 0) is 25.1 Å². The van der Waals surface area contributed by atoms with Crippen molar-refractivity contribution in [2.24, 2.45) is 0 Å². The molecule has 0 radical (unpaired) electrons. The van der Waals surface area contributed by atoms with Crippen LogP contribution in [0.4, 0.5) is 0 Å². The van der Waals surface area contributed by atoms with Crippen LogP contribution in [0.2, 0.25) is 0 Å². The van der Waals surface area contributed by atoms with Crippen molar-refractivity contribution in [2.45, 2.75) is 13.0 Å². The van der Waals surface area contributed by atoms with E-state index in [9.17, 15) is 14.7 Å². The van der Waals surface area contributed by atoms with E-state index in [1.165, 1.54) is 0 Å². The second kappa shape index (κ2) is 5.75. The van der Waals surface area contributed by atoms with Crippen LogP contribution in [0.5, 0.6) is 0 Å². The summed E-state index contributed by atoms with van der Waals surface area (Å²) in [7, 11) is 1.16. The molecule has 2 aromatic rings. The second-order valence-electron chi connectivity index (χ2n) is 4.40. The maximum Gasteiger partial charge on any atom is 0.336 e. The Bertz CT molecular complexity index is 646. The van der Waals surface area contributed by atoms with Gasteiger partial charge in [0.1, 0.15) is 5.58 Å². The monoisotopic (exact) mass is 277 g/mol. The van der Waals surface area contributed by atoms with E-state index in [-0.39, 0.29) is 12.3 Å². The molecule has 1 unspecified atom stereocenters. The highest BCUT2D eigenvalue weighted by Gasteiger charge is 2.18. The molecule has 0 aliphatic carbocycles. The van der Waals surface area contributed by atoms with Crippen molar-refractivity contribution in [1.29, 1.82) is 0 Å². The van der Waals surface area contributed by atoms with Gasteiger partial charge in [-0.2, -0.15) is 0 Å². The molecule has 1 aromatic heterocycles. The molecule has 1 amide bonds. The summed E-state index contributed by atoms with van der Waals surface area (Å²) in [5, 5.41) is 12.6. The standard InChI is InChI=1S/C14H15NO5/c1-8-3-4-11-9(5-8)6-12(20-11)13(17)15-7-10(16)14(18)19-2/h3-6,10,16H,7H2,1-2H3,(H,15,17). The molecule has 6 heteroatoms. The number of rotatable bonds is 4. The molecule has 106 valence electrons. The molecule has 0 spiro atoms. The lowest BCUT2D eigenvalue weighted by Gasteiger charge is -2.08. The minimum atomic E-state index is -1.39. The number of aliphatic hydroxyl groups is 1. The molecule has 0 saturated carbocycles. The van der Waals surface area contributed by atoms with Gasteiger partial charge in [-0.15, -0.1) is 0 Å². The number of hydrogen-bond acceptors (Lipinski definition) is 5. The molecule has 1 atom stereocenters. The van der Waals surface area contributed by atoms with Crippen LogP contribution in [0.1, 0.15) is 16.1 Å². The van der Waals surface area contributed by atoms with Crippen molar-refractivity contribution in [2.75, 3.05) is 13.7 Å². The Morgan fingerprint density at radius 3 is 2.85 bits per heavy atom. The number of fused-ring (bicyclic) bond motifs is 1. The third kappa shape index (κ3) is 2.97. The third-order valence-corrected chi connectivity index (χ3v) is 2.82. The first-order chi connectivity index (χ1) is 9.51. The normalized spacial score (nSPS) is 12.2. The summed E-state index contributed by atoms with van der Waals surface area (Å²) in [6.45, 7) is 1.71. The van der Waals surface area contributed by atoms with Crippen molar-refractivity contribution in [3.8, 4) is 0 Å². The lowest BCUT2D eigenvalue weighted by atomic mass is 10.2. The number of aliphatic hydroxyl groups excluding tert-OH is 1. The molecule has 0 fully saturated rings. The number of ether oxygens (including phenoxy) is 1. The zero-order chi connectivity index (χ0) is 14.7. The molecule has 1 heterocycles. The smallest absolute Gasteiger partial charge is 0.336 e. The van der Waals surface area contributed by atoms with Crippen molar-refractivity contribution < 1.29 is 23.8 Å². The Hall–Kier alpha value is -2.34. The maximum atomic E-state index is 11.8. The Labute approximate surface area is 115 Å². The van der Waals surface area contributed by atoms with Gasteiger partial charge in [0, 0.05) is 5.39 Å². The average molecular weight is 277 g/mol. The van der Waals surface area contributed by atoms with Crippen molar-refractivity contribution >= 4 is 22.8 Å². The number of methoxy groups -OCH3 is 1. The molecule has 0 aliphatic rings. The SMILES string of the molecule is COC(=O)C(O)CNC(=O)c1cc2cc(C)ccc2o1. The van der Waals surface area contributed by atoms with Gasteiger partial charge >= 0.3 is 5.97 Å². The lowest BCUT2D eigenvalue weighted by Crippen LogP contribution is -2.37. The molecule has 0 bridgehead atoms. The van der Waals surface area contributed by atoms with Gasteiger partial charge in [-0.1, -0.05) is 11.6 Å². The Balaban J connectivity index is 2.06. The molecular formula is C14H15NO5. The van der Waals surface area contributed by atoms with E-state index >= 15 is 0 Å². The number of esters is 1. The van der Waals surface area contributed by atoms with Crippen molar-refractivity contribution in [3.63, 3.8) is 0 Å². The summed E-state index contributed by atoms with van der Waals surface area (Å²) in [5.41, 5.74) is 1.67. The Morgan fingerprint density at radius 2 is 2.15 bits per heavy atom. The topological polar surface area (TPSA) is 88.8 Å².